The summed E-state index contributed by atoms with van der Waals surface area (Å²) in [4.78, 5) is 17.6. The van der Waals surface area contributed by atoms with Gasteiger partial charge in [0.05, 0.1) is 6.04 Å². The van der Waals surface area contributed by atoms with E-state index in [-0.39, 0.29) is 11.9 Å². The van der Waals surface area contributed by atoms with E-state index in [9.17, 15) is 4.79 Å². The Balaban J connectivity index is 0.000000606. The highest BCUT2D eigenvalue weighted by molar-refractivity contribution is 5.98. The Bertz CT molecular complexity index is 365. The molecule has 2 rings (SSSR count). The third-order valence-electron chi connectivity index (χ3n) is 2.59. The molecule has 1 aliphatic heterocycles. The molecule has 88 valence electrons. The number of amides is 1. The first-order valence-electron chi connectivity index (χ1n) is 5.62. The Hall–Kier alpha value is -1.42. The van der Waals surface area contributed by atoms with E-state index in [1.165, 1.54) is 0 Å². The van der Waals surface area contributed by atoms with E-state index >= 15 is 0 Å². The molecule has 4 heteroatoms. The van der Waals surface area contributed by atoms with Gasteiger partial charge in [0.25, 0.3) is 0 Å². The predicted molar refractivity (Wildman–Crippen MR) is 65.5 cm³/mol. The van der Waals surface area contributed by atoms with Crippen LogP contribution in [0.15, 0.2) is 18.3 Å². The van der Waals surface area contributed by atoms with Crippen LogP contribution in [0.5, 0.6) is 0 Å². The van der Waals surface area contributed by atoms with Crippen molar-refractivity contribution < 1.29 is 4.79 Å². The van der Waals surface area contributed by atoms with Crippen molar-refractivity contribution in [1.82, 2.24) is 10.3 Å². The number of hydrogen-bond donors (Lipinski definition) is 1. The summed E-state index contributed by atoms with van der Waals surface area (Å²) in [6.45, 7) is 4.00. The largest absolute Gasteiger partial charge is 0.309 e. The van der Waals surface area contributed by atoms with Gasteiger partial charge in [-0.2, -0.15) is 0 Å². The van der Waals surface area contributed by atoms with Crippen molar-refractivity contribution in [2.75, 3.05) is 19.0 Å². The molecule has 4 nitrogen and oxygen atoms in total. The number of carbonyl (C=O) groups excluding carboxylic acids is 1. The van der Waals surface area contributed by atoms with Crippen LogP contribution in [0.1, 0.15) is 19.4 Å². The van der Waals surface area contributed by atoms with E-state index in [4.69, 9.17) is 0 Å². The number of likely N-dealkylation sites (N-methyl/N-ethyl adjacent to an activating group) is 2. The van der Waals surface area contributed by atoms with Crippen LogP contribution in [0.25, 0.3) is 0 Å². The van der Waals surface area contributed by atoms with E-state index in [2.05, 4.69) is 10.3 Å². The van der Waals surface area contributed by atoms with Crippen molar-refractivity contribution in [3.8, 4) is 0 Å². The number of anilines is 1. The van der Waals surface area contributed by atoms with Crippen molar-refractivity contribution in [2.45, 2.75) is 26.3 Å². The van der Waals surface area contributed by atoms with Gasteiger partial charge >= 0.3 is 0 Å². The Morgan fingerprint density at radius 2 is 2.19 bits per heavy atom. The molecule has 0 spiro atoms. The fourth-order valence-electron chi connectivity index (χ4n) is 1.76. The van der Waals surface area contributed by atoms with Crippen molar-refractivity contribution >= 4 is 11.7 Å². The monoisotopic (exact) mass is 221 g/mol. The second-order valence-corrected chi connectivity index (χ2v) is 3.43. The molecule has 0 aromatic carbocycles. The lowest BCUT2D eigenvalue weighted by atomic mass is 10.0. The van der Waals surface area contributed by atoms with Crippen LogP contribution >= 0.6 is 0 Å². The number of aromatic nitrogens is 1. The predicted octanol–water partition coefficient (Wildman–Crippen LogP) is 1.21. The van der Waals surface area contributed by atoms with Gasteiger partial charge in [-0.3, -0.25) is 9.69 Å². The molecule has 0 saturated heterocycles. The molecule has 1 aliphatic rings. The number of nitrogens with one attached hydrogen (secondary N) is 1. The van der Waals surface area contributed by atoms with Gasteiger partial charge in [0, 0.05) is 19.7 Å². The van der Waals surface area contributed by atoms with Crippen molar-refractivity contribution in [2.24, 2.45) is 0 Å². The van der Waals surface area contributed by atoms with Crippen LogP contribution < -0.4 is 10.2 Å². The summed E-state index contributed by atoms with van der Waals surface area (Å²) in [5.74, 6) is 0.864. The molecule has 1 atom stereocenters. The molecule has 1 amide bonds. The quantitative estimate of drug-likeness (QED) is 0.775. The molecule has 0 aliphatic carbocycles. The second-order valence-electron chi connectivity index (χ2n) is 3.43. The topological polar surface area (TPSA) is 45.2 Å². The summed E-state index contributed by atoms with van der Waals surface area (Å²) in [6, 6.07) is 3.79. The van der Waals surface area contributed by atoms with E-state index in [1.807, 2.05) is 26.0 Å². The molecule has 2 heterocycles. The Kier molecular flexibility index (Phi) is 4.43. The number of nitrogens with zero attached hydrogens (tertiary/aromatic N) is 2. The van der Waals surface area contributed by atoms with Crippen LogP contribution in [0, 0.1) is 0 Å². The highest BCUT2D eigenvalue weighted by Gasteiger charge is 2.29. The van der Waals surface area contributed by atoms with Gasteiger partial charge in [-0.1, -0.05) is 19.9 Å². The number of carbonyl (C=O) groups is 1. The molecule has 0 radical (unpaired) electrons. The average Bonchev–Trinajstić information content (AvgIpc) is 2.36. The van der Waals surface area contributed by atoms with Gasteiger partial charge in [-0.25, -0.2) is 4.98 Å². The molecular formula is C12H19N3O. The first-order chi connectivity index (χ1) is 7.74. The van der Waals surface area contributed by atoms with E-state index in [0.29, 0.717) is 0 Å². The van der Waals surface area contributed by atoms with Gasteiger partial charge in [0.2, 0.25) is 5.91 Å². The van der Waals surface area contributed by atoms with Gasteiger partial charge in [0.15, 0.2) is 0 Å². The fourth-order valence-corrected chi connectivity index (χ4v) is 1.76. The molecular weight excluding hydrogens is 202 g/mol. The number of pyridine rings is 1. The minimum absolute atomic E-state index is 0.0821. The Morgan fingerprint density at radius 3 is 2.81 bits per heavy atom. The summed E-state index contributed by atoms with van der Waals surface area (Å²) < 4.78 is 0. The molecule has 1 aromatic rings. The zero-order valence-electron chi connectivity index (χ0n) is 10.3. The molecule has 1 unspecified atom stereocenters. The molecule has 1 aromatic heterocycles. The first-order valence-corrected chi connectivity index (χ1v) is 5.62. The third kappa shape index (κ3) is 2.22. The maximum atomic E-state index is 11.7. The van der Waals surface area contributed by atoms with E-state index in [1.54, 1.807) is 25.2 Å². The SMILES string of the molecule is CC.CNC1Cc2cccnc2N(C)C1=O. The minimum Gasteiger partial charge on any atom is -0.309 e. The lowest BCUT2D eigenvalue weighted by molar-refractivity contribution is -0.120. The lowest BCUT2D eigenvalue weighted by Gasteiger charge is -2.29. The van der Waals surface area contributed by atoms with Crippen molar-refractivity contribution in [1.29, 1.82) is 0 Å². The van der Waals surface area contributed by atoms with Crippen molar-refractivity contribution in [3.05, 3.63) is 23.9 Å². The molecule has 0 saturated carbocycles. The standard InChI is InChI=1S/C10H13N3O.C2H6/c1-11-8-6-7-4-3-5-12-9(7)13(2)10(8)14;1-2/h3-5,8,11H,6H2,1-2H3;1-2H3. The zero-order valence-corrected chi connectivity index (χ0v) is 10.3. The highest BCUT2D eigenvalue weighted by Crippen LogP contribution is 2.23. The smallest absolute Gasteiger partial charge is 0.245 e. The fraction of sp³-hybridized carbons (Fsp3) is 0.500. The van der Waals surface area contributed by atoms with Gasteiger partial charge in [0.1, 0.15) is 5.82 Å². The Morgan fingerprint density at radius 1 is 1.50 bits per heavy atom. The van der Waals surface area contributed by atoms with Crippen LogP contribution in [0.4, 0.5) is 5.82 Å². The van der Waals surface area contributed by atoms with E-state index in [0.717, 1.165) is 17.8 Å². The van der Waals surface area contributed by atoms with Gasteiger partial charge in [-0.15, -0.1) is 0 Å². The minimum atomic E-state index is -0.114. The molecule has 0 fully saturated rings. The lowest BCUT2D eigenvalue weighted by Crippen LogP contribution is -2.48. The summed E-state index contributed by atoms with van der Waals surface area (Å²) >= 11 is 0. The molecule has 0 bridgehead atoms. The maximum Gasteiger partial charge on any atom is 0.245 e. The zero-order chi connectivity index (χ0) is 12.1. The number of rotatable bonds is 1. The van der Waals surface area contributed by atoms with Crippen LogP contribution in [0.3, 0.4) is 0 Å². The summed E-state index contributed by atoms with van der Waals surface area (Å²) in [5.41, 5.74) is 1.12. The average molecular weight is 221 g/mol. The maximum absolute atomic E-state index is 11.7. The van der Waals surface area contributed by atoms with Crippen LogP contribution in [-0.2, 0) is 11.2 Å². The summed E-state index contributed by atoms with van der Waals surface area (Å²) in [7, 11) is 3.56. The van der Waals surface area contributed by atoms with Gasteiger partial charge < -0.3 is 5.32 Å². The van der Waals surface area contributed by atoms with Gasteiger partial charge in [-0.05, 0) is 18.7 Å². The van der Waals surface area contributed by atoms with Crippen molar-refractivity contribution in [3.63, 3.8) is 0 Å². The molecule has 16 heavy (non-hydrogen) atoms. The van der Waals surface area contributed by atoms with Crippen LogP contribution in [-0.4, -0.2) is 31.0 Å². The third-order valence-corrected chi connectivity index (χ3v) is 2.59. The first kappa shape index (κ1) is 12.6. The Labute approximate surface area is 96.7 Å². The van der Waals surface area contributed by atoms with E-state index < -0.39 is 0 Å². The molecule has 1 N–H and O–H groups in total. The van der Waals surface area contributed by atoms with Crippen LogP contribution in [0.2, 0.25) is 0 Å². The number of fused-ring (bicyclic) bond motifs is 1. The summed E-state index contributed by atoms with van der Waals surface area (Å²) in [6.07, 6.45) is 2.44. The number of hydrogen-bond acceptors (Lipinski definition) is 3. The summed E-state index contributed by atoms with van der Waals surface area (Å²) in [5, 5.41) is 3.01. The second kappa shape index (κ2) is 5.61. The normalized spacial score (nSPS) is 18.6. The highest BCUT2D eigenvalue weighted by atomic mass is 16.2.